The number of allylic oxidation sites excluding steroid dienone is 1. The molecule has 0 amide bonds. The van der Waals surface area contributed by atoms with Gasteiger partial charge in [-0.25, -0.2) is 0 Å². The zero-order chi connectivity index (χ0) is 21.9. The van der Waals surface area contributed by atoms with Crippen molar-refractivity contribution in [3.05, 3.63) is 75.9 Å². The van der Waals surface area contributed by atoms with Gasteiger partial charge in [-0.1, -0.05) is 12.2 Å². The Bertz CT molecular complexity index is 1210. The van der Waals surface area contributed by atoms with E-state index >= 15 is 0 Å². The quantitative estimate of drug-likeness (QED) is 0.541. The van der Waals surface area contributed by atoms with Gasteiger partial charge in [0, 0.05) is 66.1 Å². The van der Waals surface area contributed by atoms with E-state index in [0.29, 0.717) is 0 Å². The van der Waals surface area contributed by atoms with Gasteiger partial charge in [-0.15, -0.1) is 0 Å². The normalized spacial score (nSPS) is 15.6. The molecule has 6 nitrogen and oxygen atoms in total. The average molecular weight is 429 g/mol. The Morgan fingerprint density at radius 3 is 2.78 bits per heavy atom. The van der Waals surface area contributed by atoms with Crippen LogP contribution in [0.25, 0.3) is 23.1 Å². The number of hydrogen-bond acceptors (Lipinski definition) is 5. The molecule has 0 radical (unpaired) electrons. The minimum atomic E-state index is -0.127. The van der Waals surface area contributed by atoms with Crippen molar-refractivity contribution in [2.75, 3.05) is 31.5 Å². The summed E-state index contributed by atoms with van der Waals surface area (Å²) in [6, 6.07) is 11.3. The second kappa shape index (κ2) is 9.01. The average Bonchev–Trinajstić information content (AvgIpc) is 3.49. The van der Waals surface area contributed by atoms with Crippen molar-refractivity contribution in [2.45, 2.75) is 25.7 Å². The summed E-state index contributed by atoms with van der Waals surface area (Å²) in [5, 5.41) is 11.3. The highest BCUT2D eigenvalue weighted by molar-refractivity contribution is 5.86. The topological polar surface area (TPSA) is 74.3 Å². The van der Waals surface area contributed by atoms with Crippen LogP contribution in [-0.2, 0) is 6.42 Å². The van der Waals surface area contributed by atoms with Crippen molar-refractivity contribution in [2.24, 2.45) is 0 Å². The summed E-state index contributed by atoms with van der Waals surface area (Å²) in [5.74, 6) is 1.71. The fraction of sp³-hybridized carbons (Fsp3) is 0.308. The third kappa shape index (κ3) is 4.18. The summed E-state index contributed by atoms with van der Waals surface area (Å²) < 4.78 is 7.58. The van der Waals surface area contributed by atoms with Crippen LogP contribution < -0.4 is 10.9 Å². The third-order valence-corrected chi connectivity index (χ3v) is 6.29. The zero-order valence-electron chi connectivity index (χ0n) is 18.1. The first kappa shape index (κ1) is 20.5. The van der Waals surface area contributed by atoms with Gasteiger partial charge in [0.1, 0.15) is 11.5 Å². The number of anilines is 1. The number of furan rings is 1. The molecule has 6 heteroatoms. The van der Waals surface area contributed by atoms with Gasteiger partial charge >= 0.3 is 0 Å². The van der Waals surface area contributed by atoms with Gasteiger partial charge in [0.2, 0.25) is 0 Å². The molecule has 32 heavy (non-hydrogen) atoms. The second-order valence-corrected chi connectivity index (χ2v) is 8.45. The first-order valence-electron chi connectivity index (χ1n) is 11.3. The minimum absolute atomic E-state index is 0.127. The van der Waals surface area contributed by atoms with Crippen LogP contribution in [0.5, 0.6) is 0 Å². The minimum Gasteiger partial charge on any atom is -0.460 e. The van der Waals surface area contributed by atoms with Crippen molar-refractivity contribution < 1.29 is 4.42 Å². The molecule has 0 atom stereocenters. The molecular weight excluding hydrogens is 400 g/mol. The van der Waals surface area contributed by atoms with Gasteiger partial charge in [0.25, 0.3) is 5.56 Å². The molecule has 3 aromatic rings. The van der Waals surface area contributed by atoms with Crippen LogP contribution in [-0.4, -0.2) is 41.9 Å². The maximum atomic E-state index is 12.9. The number of fused-ring (bicyclic) bond motifs is 1. The van der Waals surface area contributed by atoms with Gasteiger partial charge in [-0.3, -0.25) is 9.36 Å². The summed E-state index contributed by atoms with van der Waals surface area (Å²) in [7, 11) is 0. The number of nitrogens with zero attached hydrogens (tertiary/aromatic N) is 2. The van der Waals surface area contributed by atoms with E-state index in [9.17, 15) is 4.79 Å². The second-order valence-electron chi connectivity index (χ2n) is 8.45. The zero-order valence-corrected chi connectivity index (χ0v) is 18.1. The molecule has 164 valence electrons. The van der Waals surface area contributed by atoms with Crippen molar-refractivity contribution in [3.8, 4) is 17.0 Å². The van der Waals surface area contributed by atoms with E-state index in [2.05, 4.69) is 22.4 Å². The van der Waals surface area contributed by atoms with E-state index in [4.69, 9.17) is 9.83 Å². The number of hydrogen-bond donors (Lipinski definition) is 2. The number of aryl methyl sites for hydroxylation is 1. The van der Waals surface area contributed by atoms with Crippen molar-refractivity contribution in [1.29, 1.82) is 5.41 Å². The van der Waals surface area contributed by atoms with Crippen LogP contribution in [0.1, 0.15) is 36.1 Å². The summed E-state index contributed by atoms with van der Waals surface area (Å²) in [5.41, 5.74) is 4.18. The number of aromatic nitrogens is 1. The predicted molar refractivity (Wildman–Crippen MR) is 129 cm³/mol. The van der Waals surface area contributed by atoms with E-state index in [-0.39, 0.29) is 5.56 Å². The molecule has 0 unspecified atom stereocenters. The van der Waals surface area contributed by atoms with Gasteiger partial charge in [-0.2, -0.15) is 0 Å². The van der Waals surface area contributed by atoms with Crippen molar-refractivity contribution in [1.82, 2.24) is 9.47 Å². The maximum absolute atomic E-state index is 12.9. The van der Waals surface area contributed by atoms with Crippen molar-refractivity contribution in [3.63, 3.8) is 0 Å². The Hall–Kier alpha value is -3.38. The Morgan fingerprint density at radius 2 is 2.00 bits per heavy atom. The van der Waals surface area contributed by atoms with E-state index in [1.54, 1.807) is 16.8 Å². The fourth-order valence-corrected chi connectivity index (χ4v) is 4.53. The van der Waals surface area contributed by atoms with E-state index < -0.39 is 0 Å². The molecule has 0 saturated carbocycles. The summed E-state index contributed by atoms with van der Waals surface area (Å²) in [6.45, 7) is 4.20. The molecule has 3 heterocycles. The molecule has 1 fully saturated rings. The molecule has 0 spiro atoms. The monoisotopic (exact) mass is 428 g/mol. The molecule has 2 aliphatic rings. The highest BCUT2D eigenvalue weighted by Gasteiger charge is 2.14. The Balaban J connectivity index is 1.34. The van der Waals surface area contributed by atoms with Gasteiger partial charge in [-0.05, 0) is 62.7 Å². The highest BCUT2D eigenvalue weighted by atomic mass is 16.3. The molecule has 1 aliphatic carbocycles. The lowest BCUT2D eigenvalue weighted by molar-refractivity contribution is 0.352. The Kier molecular flexibility index (Phi) is 5.77. The largest absolute Gasteiger partial charge is 0.460 e. The van der Waals surface area contributed by atoms with Gasteiger partial charge < -0.3 is 20.0 Å². The predicted octanol–water partition coefficient (Wildman–Crippen LogP) is 4.56. The molecular formula is C26H28N4O2. The van der Waals surface area contributed by atoms with E-state index in [1.165, 1.54) is 32.1 Å². The SMILES string of the molecule is N=Cc1cc(-n2ccc(-c3cc4c(o3)CCC=C4)cc2=O)ccc1NCCN1CCCC1. The highest BCUT2D eigenvalue weighted by Crippen LogP contribution is 2.29. The van der Waals surface area contributed by atoms with E-state index in [1.807, 2.05) is 30.3 Å². The Labute approximate surface area is 187 Å². The van der Waals surface area contributed by atoms with Gasteiger partial charge in [0.15, 0.2) is 0 Å². The lowest BCUT2D eigenvalue weighted by Gasteiger charge is -2.17. The summed E-state index contributed by atoms with van der Waals surface area (Å²) in [6.07, 6.45) is 11.8. The van der Waals surface area contributed by atoms with Crippen LogP contribution in [0.15, 0.2) is 57.9 Å². The third-order valence-electron chi connectivity index (χ3n) is 6.29. The van der Waals surface area contributed by atoms with Gasteiger partial charge in [0.05, 0.1) is 0 Å². The van der Waals surface area contributed by atoms with Crippen LogP contribution in [0.4, 0.5) is 5.69 Å². The molecule has 1 aromatic carbocycles. The number of pyridine rings is 1. The molecule has 2 N–H and O–H groups in total. The Morgan fingerprint density at radius 1 is 1.12 bits per heavy atom. The summed E-state index contributed by atoms with van der Waals surface area (Å²) >= 11 is 0. The van der Waals surface area contributed by atoms with Crippen LogP contribution in [0.3, 0.4) is 0 Å². The smallest absolute Gasteiger partial charge is 0.255 e. The lowest BCUT2D eigenvalue weighted by atomic mass is 10.1. The number of benzene rings is 1. The first-order chi connectivity index (χ1) is 15.7. The standard InChI is InChI=1S/C26H28N4O2/c27-18-21-15-22(7-8-23(21)28-10-14-29-11-3-4-12-29)30-13-9-20(17-26(30)31)25-16-19-5-1-2-6-24(19)32-25/h1,5,7-9,13,15-18,27-28H,2-4,6,10-12,14H2. The van der Waals surface area contributed by atoms with Crippen LogP contribution in [0, 0.1) is 5.41 Å². The maximum Gasteiger partial charge on any atom is 0.255 e. The molecule has 0 bridgehead atoms. The van der Waals surface area contributed by atoms with Crippen molar-refractivity contribution >= 4 is 18.0 Å². The molecule has 1 aliphatic heterocycles. The van der Waals surface area contributed by atoms with E-state index in [0.717, 1.165) is 65.5 Å². The van der Waals surface area contributed by atoms with Crippen LogP contribution >= 0.6 is 0 Å². The molecule has 1 saturated heterocycles. The first-order valence-corrected chi connectivity index (χ1v) is 11.3. The molecule has 5 rings (SSSR count). The number of nitrogens with one attached hydrogen (secondary N) is 2. The summed E-state index contributed by atoms with van der Waals surface area (Å²) in [4.78, 5) is 15.3. The number of rotatable bonds is 7. The lowest BCUT2D eigenvalue weighted by Crippen LogP contribution is -2.26. The van der Waals surface area contributed by atoms with Crippen LogP contribution in [0.2, 0.25) is 0 Å². The fourth-order valence-electron chi connectivity index (χ4n) is 4.53. The number of likely N-dealkylation sites (tertiary alicyclic amines) is 1. The molecule has 2 aromatic heterocycles.